The van der Waals surface area contributed by atoms with Crippen molar-refractivity contribution in [1.29, 1.82) is 0 Å². The Kier molecular flexibility index (Phi) is 8.85. The number of carbonyl (C=O) groups is 3. The lowest BCUT2D eigenvalue weighted by Crippen LogP contribution is -2.15. The summed E-state index contributed by atoms with van der Waals surface area (Å²) >= 11 is 0. The number of Topliss-reactive ketones (excluding diaryl/α,β-unsaturated/α-hetero) is 1. The smallest absolute Gasteiger partial charge is 0.242 e. The Morgan fingerprint density at radius 1 is 0.725 bits per heavy atom. The van der Waals surface area contributed by atoms with E-state index in [-0.39, 0.29) is 23.2 Å². The Bertz CT molecular complexity index is 1740. The van der Waals surface area contributed by atoms with Crippen LogP contribution in [0.1, 0.15) is 64.6 Å². The molecular weight excluding hydrogens is 496 g/mol. The topological polar surface area (TPSA) is 68.5 Å². The van der Waals surface area contributed by atoms with Crippen LogP contribution in [0, 0.1) is 13.8 Å². The predicted molar refractivity (Wildman–Crippen MR) is 164 cm³/mol. The number of fused-ring (bicyclic) bond motifs is 3. The summed E-state index contributed by atoms with van der Waals surface area (Å²) in [5, 5.41) is 1.82. The molecule has 1 heterocycles. The SMILES string of the molecule is CCC(=NC(C)=O)C(=O)c1ccc2c(c1)c1cc(C(=O)c3ccccc3C)ccc1n2CC.Cc1ccccc1. The van der Waals surface area contributed by atoms with Crippen molar-refractivity contribution in [3.8, 4) is 0 Å². The van der Waals surface area contributed by atoms with E-state index in [1.54, 1.807) is 6.07 Å². The van der Waals surface area contributed by atoms with E-state index < -0.39 is 0 Å². The number of aromatic nitrogens is 1. The fourth-order valence-electron chi connectivity index (χ4n) is 4.89. The second kappa shape index (κ2) is 12.5. The average Bonchev–Trinajstić information content (AvgIpc) is 3.28. The fourth-order valence-corrected chi connectivity index (χ4v) is 4.89. The van der Waals surface area contributed by atoms with E-state index in [0.717, 1.165) is 33.9 Å². The van der Waals surface area contributed by atoms with Crippen molar-refractivity contribution >= 4 is 45.0 Å². The van der Waals surface area contributed by atoms with Gasteiger partial charge in [0.05, 0.1) is 5.71 Å². The Balaban J connectivity index is 0.000000461. The summed E-state index contributed by atoms with van der Waals surface area (Å²) in [5.74, 6) is -0.663. The minimum atomic E-state index is -0.386. The predicted octanol–water partition coefficient (Wildman–Crippen LogP) is 7.93. The molecule has 5 rings (SSSR count). The van der Waals surface area contributed by atoms with Gasteiger partial charge in [-0.05, 0) is 69.2 Å². The lowest BCUT2D eigenvalue weighted by molar-refractivity contribution is -0.115. The second-order valence-corrected chi connectivity index (χ2v) is 9.77. The zero-order chi connectivity index (χ0) is 28.8. The lowest BCUT2D eigenvalue weighted by atomic mass is 9.97. The number of nitrogens with zero attached hydrogens (tertiary/aromatic N) is 2. The normalized spacial score (nSPS) is 11.3. The highest BCUT2D eigenvalue weighted by atomic mass is 16.1. The minimum Gasteiger partial charge on any atom is -0.341 e. The van der Waals surface area contributed by atoms with Crippen molar-refractivity contribution in [1.82, 2.24) is 4.57 Å². The molecule has 5 heteroatoms. The first kappa shape index (κ1) is 28.4. The van der Waals surface area contributed by atoms with Gasteiger partial charge >= 0.3 is 0 Å². The third-order valence-corrected chi connectivity index (χ3v) is 6.93. The summed E-state index contributed by atoms with van der Waals surface area (Å²) < 4.78 is 2.17. The van der Waals surface area contributed by atoms with Gasteiger partial charge in [-0.15, -0.1) is 0 Å². The molecule has 0 aliphatic carbocycles. The first-order valence-corrected chi connectivity index (χ1v) is 13.6. The number of ketones is 2. The first-order chi connectivity index (χ1) is 19.2. The van der Waals surface area contributed by atoms with Gasteiger partial charge < -0.3 is 4.57 Å². The molecule has 0 aliphatic heterocycles. The average molecular weight is 531 g/mol. The molecule has 0 saturated heterocycles. The van der Waals surface area contributed by atoms with E-state index in [1.165, 1.54) is 12.5 Å². The van der Waals surface area contributed by atoms with Crippen LogP contribution in [0.3, 0.4) is 0 Å². The number of amides is 1. The Hall–Kier alpha value is -4.64. The van der Waals surface area contributed by atoms with Crippen LogP contribution >= 0.6 is 0 Å². The van der Waals surface area contributed by atoms with Crippen LogP contribution in [-0.4, -0.2) is 27.8 Å². The van der Waals surface area contributed by atoms with Gasteiger partial charge in [-0.1, -0.05) is 67.1 Å². The van der Waals surface area contributed by atoms with Gasteiger partial charge in [0.1, 0.15) is 0 Å². The van der Waals surface area contributed by atoms with Crippen LogP contribution in [0.2, 0.25) is 0 Å². The van der Waals surface area contributed by atoms with E-state index in [1.807, 2.05) is 86.6 Å². The Morgan fingerprint density at radius 3 is 1.82 bits per heavy atom. The zero-order valence-electron chi connectivity index (χ0n) is 23.7. The van der Waals surface area contributed by atoms with E-state index in [9.17, 15) is 14.4 Å². The van der Waals surface area contributed by atoms with Crippen molar-refractivity contribution in [2.24, 2.45) is 4.99 Å². The van der Waals surface area contributed by atoms with Gasteiger partial charge in [0.15, 0.2) is 5.78 Å². The molecule has 40 heavy (non-hydrogen) atoms. The molecule has 4 aromatic carbocycles. The quantitative estimate of drug-likeness (QED) is 0.165. The van der Waals surface area contributed by atoms with Crippen molar-refractivity contribution in [2.45, 2.75) is 47.6 Å². The highest BCUT2D eigenvalue weighted by molar-refractivity contribution is 6.47. The fraction of sp³-hybridized carbons (Fsp3) is 0.200. The van der Waals surface area contributed by atoms with Crippen LogP contribution < -0.4 is 0 Å². The standard InChI is InChI=1S/C28H26N2O3.C7H8/c1-5-24(29-18(4)31)28(33)20-12-14-26-23(16-20)22-15-19(11-13-25(22)30(26)6-2)27(32)21-10-8-7-9-17(21)3;1-7-5-3-2-4-6-7/h7-16H,5-6H2,1-4H3;2-6H,1H3. The van der Waals surface area contributed by atoms with Crippen LogP contribution in [0.5, 0.6) is 0 Å². The summed E-state index contributed by atoms with van der Waals surface area (Å²) in [5.41, 5.74) is 6.27. The molecule has 5 aromatic rings. The third-order valence-electron chi connectivity index (χ3n) is 6.93. The van der Waals surface area contributed by atoms with Crippen molar-refractivity contribution < 1.29 is 14.4 Å². The zero-order valence-corrected chi connectivity index (χ0v) is 23.7. The molecule has 5 nitrogen and oxygen atoms in total. The number of benzene rings is 4. The summed E-state index contributed by atoms with van der Waals surface area (Å²) in [6.07, 6.45) is 0.377. The molecule has 1 amide bonds. The van der Waals surface area contributed by atoms with Crippen molar-refractivity contribution in [3.05, 3.63) is 119 Å². The maximum atomic E-state index is 13.2. The van der Waals surface area contributed by atoms with Gasteiger partial charge in [-0.3, -0.25) is 14.4 Å². The van der Waals surface area contributed by atoms with Crippen molar-refractivity contribution in [2.75, 3.05) is 0 Å². The van der Waals surface area contributed by atoms with E-state index >= 15 is 0 Å². The van der Waals surface area contributed by atoms with Crippen LogP contribution in [0.15, 0.2) is 96.0 Å². The minimum absolute atomic E-state index is 0.0264. The molecule has 1 aromatic heterocycles. The third kappa shape index (κ3) is 5.99. The Morgan fingerprint density at radius 2 is 1.30 bits per heavy atom. The molecule has 0 atom stereocenters. The number of aliphatic imine (C=N–C) groups is 1. The molecule has 0 saturated carbocycles. The number of carbonyl (C=O) groups excluding carboxylic acids is 3. The summed E-state index contributed by atoms with van der Waals surface area (Å²) in [6, 6.07) is 29.1. The van der Waals surface area contributed by atoms with Gasteiger partial charge in [-0.25, -0.2) is 4.99 Å². The van der Waals surface area contributed by atoms with Crippen molar-refractivity contribution in [3.63, 3.8) is 0 Å². The molecule has 0 spiro atoms. The number of hydrogen-bond acceptors (Lipinski definition) is 3. The molecule has 0 aliphatic rings. The highest BCUT2D eigenvalue weighted by Gasteiger charge is 2.18. The number of aryl methyl sites for hydroxylation is 3. The molecule has 0 N–H and O–H groups in total. The molecule has 0 unspecified atom stereocenters. The monoisotopic (exact) mass is 530 g/mol. The molecule has 0 bridgehead atoms. The van der Waals surface area contributed by atoms with Gasteiger partial charge in [0, 0.05) is 52.0 Å². The summed E-state index contributed by atoms with van der Waals surface area (Å²) in [4.78, 5) is 41.6. The highest BCUT2D eigenvalue weighted by Crippen LogP contribution is 2.31. The second-order valence-electron chi connectivity index (χ2n) is 9.77. The molecule has 202 valence electrons. The van der Waals surface area contributed by atoms with Crippen LogP contribution in [0.4, 0.5) is 0 Å². The van der Waals surface area contributed by atoms with E-state index in [4.69, 9.17) is 0 Å². The maximum absolute atomic E-state index is 13.2. The van der Waals surface area contributed by atoms with E-state index in [0.29, 0.717) is 23.1 Å². The lowest BCUT2D eigenvalue weighted by Gasteiger charge is -2.06. The maximum Gasteiger partial charge on any atom is 0.242 e. The molecule has 0 fully saturated rings. The number of rotatable bonds is 6. The van der Waals surface area contributed by atoms with Gasteiger partial charge in [0.25, 0.3) is 0 Å². The largest absolute Gasteiger partial charge is 0.341 e. The van der Waals surface area contributed by atoms with E-state index in [2.05, 4.69) is 35.5 Å². The van der Waals surface area contributed by atoms with Gasteiger partial charge in [-0.2, -0.15) is 0 Å². The van der Waals surface area contributed by atoms with Crippen LogP contribution in [0.25, 0.3) is 21.8 Å². The molecule has 0 radical (unpaired) electrons. The first-order valence-electron chi connectivity index (χ1n) is 13.6. The Labute approximate surface area is 235 Å². The number of hydrogen-bond donors (Lipinski definition) is 0. The molecular formula is C35H34N2O3. The van der Waals surface area contributed by atoms with Crippen LogP contribution in [-0.2, 0) is 11.3 Å². The summed E-state index contributed by atoms with van der Waals surface area (Å²) in [6.45, 7) is 9.99. The van der Waals surface area contributed by atoms with Gasteiger partial charge in [0.2, 0.25) is 11.7 Å². The summed E-state index contributed by atoms with van der Waals surface area (Å²) in [7, 11) is 0.